The van der Waals surface area contributed by atoms with Crippen molar-refractivity contribution in [3.8, 4) is 22.8 Å². The standard InChI is InChI=1S/C18H13BrN4O2/c19-13-7-5-12(6-8-13)16-18(20-11-14-3-1-9-24-14)21-17(23-22-16)15-4-2-10-25-15/h1-10H,11H2,(H,20,21,23). The lowest BCUT2D eigenvalue weighted by Crippen LogP contribution is -2.06. The van der Waals surface area contributed by atoms with E-state index in [1.807, 2.05) is 36.4 Å². The van der Waals surface area contributed by atoms with Crippen molar-refractivity contribution in [2.75, 3.05) is 5.32 Å². The monoisotopic (exact) mass is 396 g/mol. The van der Waals surface area contributed by atoms with E-state index >= 15 is 0 Å². The summed E-state index contributed by atoms with van der Waals surface area (Å²) in [7, 11) is 0. The third-order valence-electron chi connectivity index (χ3n) is 3.56. The van der Waals surface area contributed by atoms with Crippen LogP contribution in [0.1, 0.15) is 5.76 Å². The van der Waals surface area contributed by atoms with E-state index in [9.17, 15) is 0 Å². The van der Waals surface area contributed by atoms with Crippen molar-refractivity contribution < 1.29 is 8.83 Å². The van der Waals surface area contributed by atoms with Crippen molar-refractivity contribution in [2.24, 2.45) is 0 Å². The minimum atomic E-state index is 0.424. The van der Waals surface area contributed by atoms with Gasteiger partial charge in [-0.1, -0.05) is 28.1 Å². The lowest BCUT2D eigenvalue weighted by Gasteiger charge is -2.10. The van der Waals surface area contributed by atoms with Gasteiger partial charge < -0.3 is 14.2 Å². The van der Waals surface area contributed by atoms with Crippen LogP contribution in [-0.4, -0.2) is 15.2 Å². The van der Waals surface area contributed by atoms with E-state index in [4.69, 9.17) is 8.83 Å². The molecule has 3 heterocycles. The number of nitrogens with one attached hydrogen (secondary N) is 1. The van der Waals surface area contributed by atoms with Crippen LogP contribution >= 0.6 is 15.9 Å². The zero-order chi connectivity index (χ0) is 17.1. The van der Waals surface area contributed by atoms with Crippen molar-refractivity contribution in [3.63, 3.8) is 0 Å². The van der Waals surface area contributed by atoms with Crippen LogP contribution in [-0.2, 0) is 6.54 Å². The number of benzene rings is 1. The van der Waals surface area contributed by atoms with E-state index < -0.39 is 0 Å². The zero-order valence-electron chi connectivity index (χ0n) is 13.0. The van der Waals surface area contributed by atoms with Crippen LogP contribution in [0.25, 0.3) is 22.8 Å². The van der Waals surface area contributed by atoms with Crippen LogP contribution < -0.4 is 5.32 Å². The molecule has 3 aromatic heterocycles. The van der Waals surface area contributed by atoms with Gasteiger partial charge in [-0.2, -0.15) is 0 Å². The minimum Gasteiger partial charge on any atom is -0.467 e. The van der Waals surface area contributed by atoms with E-state index in [1.54, 1.807) is 24.7 Å². The predicted octanol–water partition coefficient (Wildman–Crippen LogP) is 4.77. The number of anilines is 1. The molecule has 0 saturated carbocycles. The van der Waals surface area contributed by atoms with Crippen molar-refractivity contribution in [3.05, 3.63) is 71.3 Å². The highest BCUT2D eigenvalue weighted by molar-refractivity contribution is 9.10. The average molecular weight is 397 g/mol. The second kappa shape index (κ2) is 6.90. The Hall–Kier alpha value is -2.93. The van der Waals surface area contributed by atoms with E-state index in [0.29, 0.717) is 29.6 Å². The van der Waals surface area contributed by atoms with Crippen molar-refractivity contribution in [2.45, 2.75) is 6.54 Å². The first kappa shape index (κ1) is 15.6. The molecule has 0 saturated heterocycles. The van der Waals surface area contributed by atoms with Gasteiger partial charge in [0.1, 0.15) is 11.5 Å². The van der Waals surface area contributed by atoms with Crippen LogP contribution in [0.15, 0.2) is 74.4 Å². The van der Waals surface area contributed by atoms with Gasteiger partial charge in [0, 0.05) is 10.0 Å². The molecule has 0 spiro atoms. The molecule has 0 amide bonds. The summed E-state index contributed by atoms with van der Waals surface area (Å²) < 4.78 is 11.7. The summed E-state index contributed by atoms with van der Waals surface area (Å²) in [6.07, 6.45) is 3.22. The highest BCUT2D eigenvalue weighted by Gasteiger charge is 2.14. The zero-order valence-corrected chi connectivity index (χ0v) is 14.6. The first-order chi connectivity index (χ1) is 12.3. The fraction of sp³-hybridized carbons (Fsp3) is 0.0556. The minimum absolute atomic E-state index is 0.424. The molecule has 7 heteroatoms. The molecule has 4 rings (SSSR count). The number of furan rings is 2. The maximum Gasteiger partial charge on any atom is 0.219 e. The highest BCUT2D eigenvalue weighted by Crippen LogP contribution is 2.27. The molecule has 1 aromatic carbocycles. The maximum absolute atomic E-state index is 5.37. The fourth-order valence-corrected chi connectivity index (χ4v) is 2.61. The Morgan fingerprint density at radius 3 is 2.44 bits per heavy atom. The third kappa shape index (κ3) is 3.46. The molecule has 1 N–H and O–H groups in total. The Balaban J connectivity index is 1.72. The molecule has 6 nitrogen and oxygen atoms in total. The van der Waals surface area contributed by atoms with Crippen LogP contribution in [0.5, 0.6) is 0 Å². The number of aromatic nitrogens is 3. The second-order valence-corrected chi connectivity index (χ2v) is 6.17. The SMILES string of the molecule is Brc1ccc(-c2nnc(-c3ccco3)nc2NCc2ccco2)cc1. The Morgan fingerprint density at radius 1 is 0.920 bits per heavy atom. The summed E-state index contributed by atoms with van der Waals surface area (Å²) >= 11 is 3.44. The normalized spacial score (nSPS) is 10.8. The summed E-state index contributed by atoms with van der Waals surface area (Å²) in [6, 6.07) is 15.2. The Morgan fingerprint density at radius 2 is 1.72 bits per heavy atom. The average Bonchev–Trinajstić information content (AvgIpc) is 3.34. The van der Waals surface area contributed by atoms with Crippen LogP contribution in [0.3, 0.4) is 0 Å². The Kier molecular flexibility index (Phi) is 4.30. The highest BCUT2D eigenvalue weighted by atomic mass is 79.9. The number of nitrogens with zero attached hydrogens (tertiary/aromatic N) is 3. The number of hydrogen-bond donors (Lipinski definition) is 1. The van der Waals surface area contributed by atoms with Gasteiger partial charge in [0.2, 0.25) is 5.82 Å². The molecule has 4 aromatic rings. The van der Waals surface area contributed by atoms with E-state index in [2.05, 4.69) is 36.4 Å². The molecule has 0 aliphatic heterocycles. The molecule has 124 valence electrons. The molecular weight excluding hydrogens is 384 g/mol. The largest absolute Gasteiger partial charge is 0.467 e. The van der Waals surface area contributed by atoms with Gasteiger partial charge in [0.05, 0.1) is 19.1 Å². The number of halogens is 1. The van der Waals surface area contributed by atoms with Gasteiger partial charge in [-0.3, -0.25) is 0 Å². The lowest BCUT2D eigenvalue weighted by molar-refractivity contribution is 0.517. The first-order valence-corrected chi connectivity index (χ1v) is 8.40. The van der Waals surface area contributed by atoms with E-state index in [0.717, 1.165) is 15.8 Å². The number of hydrogen-bond acceptors (Lipinski definition) is 6. The molecule has 0 aliphatic rings. The van der Waals surface area contributed by atoms with Crippen molar-refractivity contribution in [1.29, 1.82) is 0 Å². The lowest BCUT2D eigenvalue weighted by atomic mass is 10.1. The second-order valence-electron chi connectivity index (χ2n) is 5.25. The molecule has 0 radical (unpaired) electrons. The van der Waals surface area contributed by atoms with Crippen LogP contribution in [0.2, 0.25) is 0 Å². The van der Waals surface area contributed by atoms with Gasteiger partial charge in [-0.25, -0.2) is 4.98 Å². The summed E-state index contributed by atoms with van der Waals surface area (Å²) in [4.78, 5) is 4.58. The summed E-state index contributed by atoms with van der Waals surface area (Å²) in [5.41, 5.74) is 1.57. The summed E-state index contributed by atoms with van der Waals surface area (Å²) in [6.45, 7) is 0.493. The number of rotatable bonds is 5. The van der Waals surface area contributed by atoms with Gasteiger partial charge in [-0.15, -0.1) is 10.2 Å². The van der Waals surface area contributed by atoms with Gasteiger partial charge in [-0.05, 0) is 36.4 Å². The summed E-state index contributed by atoms with van der Waals surface area (Å²) in [5, 5.41) is 11.8. The predicted molar refractivity (Wildman–Crippen MR) is 96.7 cm³/mol. The maximum atomic E-state index is 5.37. The molecule has 0 aliphatic carbocycles. The van der Waals surface area contributed by atoms with E-state index in [-0.39, 0.29) is 0 Å². The van der Waals surface area contributed by atoms with Crippen molar-refractivity contribution >= 4 is 21.7 Å². The smallest absolute Gasteiger partial charge is 0.219 e. The van der Waals surface area contributed by atoms with Gasteiger partial charge in [0.15, 0.2) is 11.6 Å². The molecule has 0 atom stereocenters. The van der Waals surface area contributed by atoms with E-state index in [1.165, 1.54) is 0 Å². The van der Waals surface area contributed by atoms with Crippen LogP contribution in [0.4, 0.5) is 5.82 Å². The molecule has 0 bridgehead atoms. The summed E-state index contributed by atoms with van der Waals surface area (Å²) in [5.74, 6) is 2.41. The molecule has 0 fully saturated rings. The Bertz CT molecular complexity index is 951. The molecule has 25 heavy (non-hydrogen) atoms. The fourth-order valence-electron chi connectivity index (χ4n) is 2.35. The molecular formula is C18H13BrN4O2. The van der Waals surface area contributed by atoms with Crippen molar-refractivity contribution in [1.82, 2.24) is 15.2 Å². The Labute approximate surface area is 152 Å². The molecule has 0 unspecified atom stereocenters. The topological polar surface area (TPSA) is 77.0 Å². The first-order valence-electron chi connectivity index (χ1n) is 7.60. The quantitative estimate of drug-likeness (QED) is 0.523. The van der Waals surface area contributed by atoms with Crippen LogP contribution in [0, 0.1) is 0 Å². The van der Waals surface area contributed by atoms with Gasteiger partial charge >= 0.3 is 0 Å². The van der Waals surface area contributed by atoms with Gasteiger partial charge in [0.25, 0.3) is 0 Å². The third-order valence-corrected chi connectivity index (χ3v) is 4.08.